The van der Waals surface area contributed by atoms with Crippen molar-refractivity contribution in [3.8, 4) is 11.3 Å². The van der Waals surface area contributed by atoms with Gasteiger partial charge in [0.25, 0.3) is 0 Å². The van der Waals surface area contributed by atoms with Crippen LogP contribution in [0, 0.1) is 0 Å². The molecule has 68 valence electrons. The Balaban J connectivity index is 2.39. The Hall–Kier alpha value is -2.10. The highest BCUT2D eigenvalue weighted by molar-refractivity contribution is 5.76. The molecule has 2 rings (SSSR count). The molecule has 0 radical (unpaired) electrons. The van der Waals surface area contributed by atoms with Crippen LogP contribution < -0.4 is 0 Å². The van der Waals surface area contributed by atoms with Gasteiger partial charge in [-0.1, -0.05) is 24.3 Å². The third kappa shape index (κ3) is 1.64. The first kappa shape index (κ1) is 8.50. The zero-order valence-corrected chi connectivity index (χ0v) is 7.29. The lowest BCUT2D eigenvalue weighted by atomic mass is 10.1. The summed E-state index contributed by atoms with van der Waals surface area (Å²) in [6.45, 7) is 0. The Kier molecular flexibility index (Phi) is 2.27. The van der Waals surface area contributed by atoms with Crippen LogP contribution in [0.15, 0.2) is 36.5 Å². The molecule has 1 aromatic heterocycles. The molecule has 0 spiro atoms. The topological polar surface area (TPSA) is 55.7 Å². The lowest BCUT2D eigenvalue weighted by Crippen LogP contribution is -1.89. The SMILES string of the molecule is O=Cc1ccc(-c2ccnnn2)cc1. The molecule has 2 aromatic rings. The van der Waals surface area contributed by atoms with E-state index >= 15 is 0 Å². The van der Waals surface area contributed by atoms with Crippen LogP contribution in [0.3, 0.4) is 0 Å². The molecular formula is C10H7N3O. The zero-order valence-electron chi connectivity index (χ0n) is 7.29. The van der Waals surface area contributed by atoms with Crippen molar-refractivity contribution in [1.29, 1.82) is 0 Å². The molecule has 4 heteroatoms. The maximum Gasteiger partial charge on any atom is 0.150 e. The summed E-state index contributed by atoms with van der Waals surface area (Å²) in [6, 6.07) is 8.90. The van der Waals surface area contributed by atoms with Crippen LogP contribution in [0.5, 0.6) is 0 Å². The molecule has 4 nitrogen and oxygen atoms in total. The number of carbonyl (C=O) groups is 1. The van der Waals surface area contributed by atoms with Gasteiger partial charge in [0, 0.05) is 11.1 Å². The Bertz CT molecular complexity index is 425. The Morgan fingerprint density at radius 2 is 1.86 bits per heavy atom. The first-order valence-corrected chi connectivity index (χ1v) is 4.10. The Morgan fingerprint density at radius 3 is 2.43 bits per heavy atom. The average molecular weight is 185 g/mol. The molecule has 0 fully saturated rings. The van der Waals surface area contributed by atoms with Crippen molar-refractivity contribution in [3.63, 3.8) is 0 Å². The molecule has 1 aromatic carbocycles. The highest BCUT2D eigenvalue weighted by Gasteiger charge is 1.98. The quantitative estimate of drug-likeness (QED) is 0.662. The van der Waals surface area contributed by atoms with Gasteiger partial charge in [0.05, 0.1) is 11.9 Å². The standard InChI is InChI=1S/C10H7N3O/c14-7-8-1-3-9(4-2-8)10-5-6-11-13-12-10/h1-7H. The molecule has 14 heavy (non-hydrogen) atoms. The van der Waals surface area contributed by atoms with Gasteiger partial charge in [0.15, 0.2) is 0 Å². The second-order valence-corrected chi connectivity index (χ2v) is 2.75. The fourth-order valence-corrected chi connectivity index (χ4v) is 1.13. The van der Waals surface area contributed by atoms with Crippen LogP contribution in [-0.2, 0) is 0 Å². The van der Waals surface area contributed by atoms with Gasteiger partial charge in [-0.15, -0.1) is 10.2 Å². The van der Waals surface area contributed by atoms with E-state index in [4.69, 9.17) is 0 Å². The van der Waals surface area contributed by atoms with E-state index in [1.165, 1.54) is 0 Å². The van der Waals surface area contributed by atoms with Crippen molar-refractivity contribution in [3.05, 3.63) is 42.1 Å². The molecule has 0 amide bonds. The molecule has 0 aliphatic heterocycles. The molecule has 0 aliphatic carbocycles. The molecule has 1 heterocycles. The summed E-state index contributed by atoms with van der Waals surface area (Å²) in [5, 5.41) is 11.0. The van der Waals surface area contributed by atoms with E-state index in [0.717, 1.165) is 17.5 Å². The number of hydrogen-bond acceptors (Lipinski definition) is 4. The van der Waals surface area contributed by atoms with Crippen molar-refractivity contribution in [2.45, 2.75) is 0 Å². The summed E-state index contributed by atoms with van der Waals surface area (Å²) in [5.74, 6) is 0. The average Bonchev–Trinajstić information content (AvgIpc) is 2.30. The van der Waals surface area contributed by atoms with E-state index in [-0.39, 0.29) is 0 Å². The molecule has 0 aliphatic rings. The lowest BCUT2D eigenvalue weighted by Gasteiger charge is -1.97. The van der Waals surface area contributed by atoms with Gasteiger partial charge in [0.1, 0.15) is 6.29 Å². The van der Waals surface area contributed by atoms with Crippen molar-refractivity contribution in [2.75, 3.05) is 0 Å². The number of nitrogens with zero attached hydrogens (tertiary/aromatic N) is 3. The van der Waals surface area contributed by atoms with Crippen LogP contribution in [-0.4, -0.2) is 21.7 Å². The highest BCUT2D eigenvalue weighted by atomic mass is 16.1. The number of rotatable bonds is 2. The van der Waals surface area contributed by atoms with Crippen LogP contribution in [0.4, 0.5) is 0 Å². The van der Waals surface area contributed by atoms with Crippen molar-refractivity contribution >= 4 is 6.29 Å². The van der Waals surface area contributed by atoms with E-state index in [1.807, 2.05) is 12.1 Å². The fourth-order valence-electron chi connectivity index (χ4n) is 1.13. The summed E-state index contributed by atoms with van der Waals surface area (Å²) in [4.78, 5) is 10.4. The van der Waals surface area contributed by atoms with Crippen LogP contribution in [0.1, 0.15) is 10.4 Å². The summed E-state index contributed by atoms with van der Waals surface area (Å²) in [7, 11) is 0. The van der Waals surface area contributed by atoms with Crippen LogP contribution in [0.2, 0.25) is 0 Å². The molecule has 0 saturated heterocycles. The minimum atomic E-state index is 0.649. The number of carbonyl (C=O) groups excluding carboxylic acids is 1. The summed E-state index contributed by atoms with van der Waals surface area (Å²) >= 11 is 0. The van der Waals surface area contributed by atoms with Gasteiger partial charge in [-0.2, -0.15) is 0 Å². The van der Waals surface area contributed by atoms with Crippen molar-refractivity contribution in [1.82, 2.24) is 15.4 Å². The normalized spacial score (nSPS) is 9.71. The van der Waals surface area contributed by atoms with Gasteiger partial charge in [0.2, 0.25) is 0 Å². The maximum absolute atomic E-state index is 10.4. The minimum Gasteiger partial charge on any atom is -0.298 e. The smallest absolute Gasteiger partial charge is 0.150 e. The van der Waals surface area contributed by atoms with E-state index in [0.29, 0.717) is 5.56 Å². The molecule has 0 atom stereocenters. The first-order valence-electron chi connectivity index (χ1n) is 4.10. The Morgan fingerprint density at radius 1 is 1.07 bits per heavy atom. The predicted molar refractivity (Wildman–Crippen MR) is 50.7 cm³/mol. The highest BCUT2D eigenvalue weighted by Crippen LogP contribution is 2.14. The summed E-state index contributed by atoms with van der Waals surface area (Å²) < 4.78 is 0. The van der Waals surface area contributed by atoms with Gasteiger partial charge in [-0.25, -0.2) is 0 Å². The minimum absolute atomic E-state index is 0.649. The summed E-state index contributed by atoms with van der Waals surface area (Å²) in [5.41, 5.74) is 2.32. The zero-order chi connectivity index (χ0) is 9.80. The van der Waals surface area contributed by atoms with E-state index in [2.05, 4.69) is 15.4 Å². The maximum atomic E-state index is 10.4. The van der Waals surface area contributed by atoms with Crippen molar-refractivity contribution in [2.24, 2.45) is 0 Å². The number of hydrogen-bond donors (Lipinski definition) is 0. The third-order valence-corrected chi connectivity index (χ3v) is 1.85. The monoisotopic (exact) mass is 185 g/mol. The summed E-state index contributed by atoms with van der Waals surface area (Å²) in [6.07, 6.45) is 2.39. The molecular weight excluding hydrogens is 178 g/mol. The number of aldehydes is 1. The van der Waals surface area contributed by atoms with Gasteiger partial charge in [-0.05, 0) is 11.3 Å². The first-order chi connectivity index (χ1) is 6.90. The lowest BCUT2D eigenvalue weighted by molar-refractivity contribution is 0.112. The molecule has 0 bridgehead atoms. The van der Waals surface area contributed by atoms with Gasteiger partial charge < -0.3 is 0 Å². The fraction of sp³-hybridized carbons (Fsp3) is 0. The van der Waals surface area contributed by atoms with E-state index < -0.39 is 0 Å². The van der Waals surface area contributed by atoms with E-state index in [1.54, 1.807) is 24.4 Å². The Labute approximate surface area is 80.6 Å². The number of aromatic nitrogens is 3. The molecule has 0 N–H and O–H groups in total. The largest absolute Gasteiger partial charge is 0.298 e. The van der Waals surface area contributed by atoms with Gasteiger partial charge >= 0.3 is 0 Å². The van der Waals surface area contributed by atoms with Gasteiger partial charge in [-0.3, -0.25) is 4.79 Å². The second kappa shape index (κ2) is 3.74. The van der Waals surface area contributed by atoms with Crippen LogP contribution in [0.25, 0.3) is 11.3 Å². The molecule has 0 saturated carbocycles. The molecule has 0 unspecified atom stereocenters. The number of benzene rings is 1. The third-order valence-electron chi connectivity index (χ3n) is 1.85. The van der Waals surface area contributed by atoms with E-state index in [9.17, 15) is 4.79 Å². The van der Waals surface area contributed by atoms with Crippen LogP contribution >= 0.6 is 0 Å². The second-order valence-electron chi connectivity index (χ2n) is 2.75. The predicted octanol–water partition coefficient (Wildman–Crippen LogP) is 1.35. The van der Waals surface area contributed by atoms with Crippen molar-refractivity contribution < 1.29 is 4.79 Å².